The molecule has 6 nitrogen and oxygen atoms in total. The summed E-state index contributed by atoms with van der Waals surface area (Å²) in [5, 5.41) is 20.9. The Morgan fingerprint density at radius 2 is 1.85 bits per heavy atom. The summed E-state index contributed by atoms with van der Waals surface area (Å²) in [4.78, 5) is 24.2. The Bertz CT molecular complexity index is 763. The molecule has 1 aromatic rings. The lowest BCUT2D eigenvalue weighted by atomic mass is 9.83. The topological polar surface area (TPSA) is 103 Å². The fraction of sp³-hybridized carbons (Fsp3) is 0.400. The van der Waals surface area contributed by atoms with Gasteiger partial charge in [0.15, 0.2) is 6.10 Å². The summed E-state index contributed by atoms with van der Waals surface area (Å²) >= 11 is 0. The number of nitrogens with one attached hydrogen (secondary N) is 1. The zero-order chi connectivity index (χ0) is 19.0. The number of carbonyl (C=O) groups is 2. The first-order valence-electron chi connectivity index (χ1n) is 8.60. The number of carbonyl (C=O) groups excluding carboxylic acids is 2. The molecule has 1 N–H and O–H groups in total. The highest BCUT2D eigenvalue weighted by Gasteiger charge is 2.35. The number of hydrogen-bond acceptors (Lipinski definition) is 5. The molecule has 1 saturated carbocycles. The van der Waals surface area contributed by atoms with E-state index < -0.39 is 23.5 Å². The van der Waals surface area contributed by atoms with Crippen molar-refractivity contribution in [2.24, 2.45) is 0 Å². The summed E-state index contributed by atoms with van der Waals surface area (Å²) < 4.78 is 5.11. The first kappa shape index (κ1) is 19.2. The van der Waals surface area contributed by atoms with Gasteiger partial charge in [-0.3, -0.25) is 4.79 Å². The number of nitriles is 2. The number of nitrogens with zero attached hydrogens (tertiary/aromatic N) is 2. The second kappa shape index (κ2) is 8.82. The lowest BCUT2D eigenvalue weighted by Gasteiger charge is -2.32. The molecule has 0 aliphatic heterocycles. The molecule has 6 heteroatoms. The Morgan fingerprint density at radius 1 is 1.19 bits per heavy atom. The Morgan fingerprint density at radius 3 is 2.42 bits per heavy atom. The minimum absolute atomic E-state index is 0.464. The summed E-state index contributed by atoms with van der Waals surface area (Å²) in [6.07, 6.45) is 5.88. The van der Waals surface area contributed by atoms with Crippen LogP contribution in [0.3, 0.4) is 0 Å². The van der Waals surface area contributed by atoms with Crippen molar-refractivity contribution < 1.29 is 14.3 Å². The average Bonchev–Trinajstić information content (AvgIpc) is 2.67. The molecule has 0 radical (unpaired) electrons. The minimum Gasteiger partial charge on any atom is -0.449 e. The molecule has 1 amide bonds. The zero-order valence-electron chi connectivity index (χ0n) is 14.7. The molecule has 1 fully saturated rings. The summed E-state index contributed by atoms with van der Waals surface area (Å²) in [6.45, 7) is 1.48. The van der Waals surface area contributed by atoms with E-state index in [9.17, 15) is 14.9 Å². The maximum absolute atomic E-state index is 12.3. The molecule has 0 unspecified atom stereocenters. The summed E-state index contributed by atoms with van der Waals surface area (Å²) in [5.74, 6) is -1.11. The second-order valence-corrected chi connectivity index (χ2v) is 6.39. The summed E-state index contributed by atoms with van der Waals surface area (Å²) in [6, 6.07) is 10.9. The molecule has 1 atom stereocenters. The smallest absolute Gasteiger partial charge is 0.331 e. The van der Waals surface area contributed by atoms with Crippen LogP contribution in [0.25, 0.3) is 6.08 Å². The van der Waals surface area contributed by atoms with Crippen LogP contribution in [-0.2, 0) is 14.3 Å². The molecule has 1 aromatic carbocycles. The van der Waals surface area contributed by atoms with Crippen LogP contribution in [0.4, 0.5) is 0 Å². The molecule has 0 saturated heterocycles. The third-order valence-corrected chi connectivity index (χ3v) is 4.40. The van der Waals surface area contributed by atoms with Gasteiger partial charge in [0.1, 0.15) is 5.54 Å². The van der Waals surface area contributed by atoms with Crippen LogP contribution in [0, 0.1) is 22.7 Å². The van der Waals surface area contributed by atoms with E-state index in [4.69, 9.17) is 10.00 Å². The Hall–Kier alpha value is -3.12. The van der Waals surface area contributed by atoms with Gasteiger partial charge in [0, 0.05) is 6.08 Å². The molecule has 2 rings (SSSR count). The van der Waals surface area contributed by atoms with E-state index in [0.717, 1.165) is 24.8 Å². The Balaban J connectivity index is 1.89. The second-order valence-electron chi connectivity index (χ2n) is 6.39. The zero-order valence-corrected chi connectivity index (χ0v) is 14.7. The minimum atomic E-state index is -0.986. The quantitative estimate of drug-likeness (QED) is 0.649. The van der Waals surface area contributed by atoms with Crippen LogP contribution >= 0.6 is 0 Å². The SMILES string of the molecule is C[C@H](OC(=O)/C=C/c1ccc(C#N)cc1)C(=O)NC1(C#N)CCCCC1. The lowest BCUT2D eigenvalue weighted by Crippen LogP contribution is -2.52. The van der Waals surface area contributed by atoms with E-state index in [2.05, 4.69) is 11.4 Å². The van der Waals surface area contributed by atoms with Crippen molar-refractivity contribution in [3.05, 3.63) is 41.5 Å². The van der Waals surface area contributed by atoms with Crippen molar-refractivity contribution in [2.75, 3.05) is 0 Å². The molecule has 1 aliphatic carbocycles. The lowest BCUT2D eigenvalue weighted by molar-refractivity contribution is -0.150. The molecule has 0 aromatic heterocycles. The van der Waals surface area contributed by atoms with Gasteiger partial charge in [0.05, 0.1) is 17.7 Å². The van der Waals surface area contributed by atoms with Crippen molar-refractivity contribution in [3.8, 4) is 12.1 Å². The number of amides is 1. The summed E-state index contributed by atoms with van der Waals surface area (Å²) in [5.41, 5.74) is 0.418. The standard InChI is InChI=1S/C20H21N3O3/c1-15(19(25)23-20(14-22)11-3-2-4-12-20)26-18(24)10-9-16-5-7-17(13-21)8-6-16/h5-10,15H,2-4,11-12H2,1H3,(H,23,25)/b10-9+/t15-/m0/s1. The van der Waals surface area contributed by atoms with Gasteiger partial charge < -0.3 is 10.1 Å². The first-order valence-corrected chi connectivity index (χ1v) is 8.60. The van der Waals surface area contributed by atoms with Gasteiger partial charge >= 0.3 is 5.97 Å². The van der Waals surface area contributed by atoms with Gasteiger partial charge in [-0.15, -0.1) is 0 Å². The maximum Gasteiger partial charge on any atom is 0.331 e. The number of rotatable bonds is 5. The number of hydrogen-bond donors (Lipinski definition) is 1. The van der Waals surface area contributed by atoms with Gasteiger partial charge in [0.25, 0.3) is 5.91 Å². The van der Waals surface area contributed by atoms with Crippen molar-refractivity contribution >= 4 is 18.0 Å². The van der Waals surface area contributed by atoms with Crippen molar-refractivity contribution in [1.29, 1.82) is 10.5 Å². The summed E-state index contributed by atoms with van der Waals surface area (Å²) in [7, 11) is 0. The molecule has 0 bridgehead atoms. The molecule has 1 aliphatic rings. The maximum atomic E-state index is 12.3. The van der Waals surface area contributed by atoms with E-state index in [1.54, 1.807) is 30.3 Å². The molecule has 134 valence electrons. The van der Waals surface area contributed by atoms with E-state index in [-0.39, 0.29) is 0 Å². The highest BCUT2D eigenvalue weighted by molar-refractivity contribution is 5.90. The van der Waals surface area contributed by atoms with Crippen LogP contribution in [0.2, 0.25) is 0 Å². The Labute approximate surface area is 153 Å². The largest absolute Gasteiger partial charge is 0.449 e. The van der Waals surface area contributed by atoms with Gasteiger partial charge in [-0.25, -0.2) is 4.79 Å². The van der Waals surface area contributed by atoms with E-state index in [0.29, 0.717) is 18.4 Å². The number of benzene rings is 1. The van der Waals surface area contributed by atoms with Gasteiger partial charge in [-0.1, -0.05) is 31.4 Å². The van der Waals surface area contributed by atoms with E-state index in [1.807, 2.05) is 6.07 Å². The first-order chi connectivity index (χ1) is 12.5. The predicted molar refractivity (Wildman–Crippen MR) is 95.3 cm³/mol. The molecule has 0 spiro atoms. The van der Waals surface area contributed by atoms with Crippen LogP contribution in [0.15, 0.2) is 30.3 Å². The van der Waals surface area contributed by atoms with Gasteiger partial charge in [-0.2, -0.15) is 10.5 Å². The number of esters is 1. The van der Waals surface area contributed by atoms with Crippen molar-refractivity contribution in [2.45, 2.75) is 50.7 Å². The molecule has 26 heavy (non-hydrogen) atoms. The van der Waals surface area contributed by atoms with Crippen molar-refractivity contribution in [1.82, 2.24) is 5.32 Å². The predicted octanol–water partition coefficient (Wildman–Crippen LogP) is 2.85. The third kappa shape index (κ3) is 5.19. The Kier molecular flexibility index (Phi) is 6.52. The monoisotopic (exact) mass is 351 g/mol. The molecular formula is C20H21N3O3. The van der Waals surface area contributed by atoms with Crippen LogP contribution in [0.5, 0.6) is 0 Å². The normalized spacial score (nSPS) is 16.9. The molecular weight excluding hydrogens is 330 g/mol. The van der Waals surface area contributed by atoms with Crippen LogP contribution < -0.4 is 5.32 Å². The highest BCUT2D eigenvalue weighted by atomic mass is 16.5. The van der Waals surface area contributed by atoms with Crippen molar-refractivity contribution in [3.63, 3.8) is 0 Å². The fourth-order valence-electron chi connectivity index (χ4n) is 2.86. The highest BCUT2D eigenvalue weighted by Crippen LogP contribution is 2.27. The third-order valence-electron chi connectivity index (χ3n) is 4.40. The molecule has 0 heterocycles. The van der Waals surface area contributed by atoms with E-state index in [1.165, 1.54) is 13.0 Å². The average molecular weight is 351 g/mol. The van der Waals surface area contributed by atoms with Crippen LogP contribution in [0.1, 0.15) is 50.2 Å². The number of ether oxygens (including phenoxy) is 1. The fourth-order valence-corrected chi connectivity index (χ4v) is 2.86. The van der Waals surface area contributed by atoms with Crippen LogP contribution in [-0.4, -0.2) is 23.5 Å². The van der Waals surface area contributed by atoms with E-state index >= 15 is 0 Å². The van der Waals surface area contributed by atoms with Gasteiger partial charge in [-0.05, 0) is 43.5 Å². The van der Waals surface area contributed by atoms with Gasteiger partial charge in [0.2, 0.25) is 0 Å².